The molecular formula is C26H31N3O5. The van der Waals surface area contributed by atoms with Crippen molar-refractivity contribution in [2.75, 3.05) is 23.9 Å². The second kappa shape index (κ2) is 10.6. The van der Waals surface area contributed by atoms with Gasteiger partial charge in [-0.1, -0.05) is 25.3 Å². The molecule has 180 valence electrons. The van der Waals surface area contributed by atoms with Crippen molar-refractivity contribution < 1.29 is 23.9 Å². The number of urea groups is 1. The van der Waals surface area contributed by atoms with Crippen LogP contribution in [0.15, 0.2) is 48.5 Å². The maximum atomic E-state index is 13.5. The van der Waals surface area contributed by atoms with Crippen LogP contribution in [-0.4, -0.2) is 48.5 Å². The molecule has 1 atom stereocenters. The Balaban J connectivity index is 1.55. The first-order chi connectivity index (χ1) is 16.5. The monoisotopic (exact) mass is 465 g/mol. The van der Waals surface area contributed by atoms with E-state index in [-0.39, 0.29) is 30.3 Å². The van der Waals surface area contributed by atoms with E-state index in [0.29, 0.717) is 23.7 Å². The number of amides is 4. The first-order valence-corrected chi connectivity index (χ1v) is 11.8. The number of hydrogen-bond acceptors (Lipinski definition) is 5. The molecule has 8 nitrogen and oxygen atoms in total. The third-order valence-electron chi connectivity index (χ3n) is 6.36. The Bertz CT molecular complexity index is 1030. The molecule has 34 heavy (non-hydrogen) atoms. The minimum Gasteiger partial charge on any atom is -0.497 e. The molecule has 0 aromatic heterocycles. The largest absolute Gasteiger partial charge is 0.497 e. The van der Waals surface area contributed by atoms with Crippen LogP contribution in [0.3, 0.4) is 0 Å². The van der Waals surface area contributed by atoms with Crippen molar-refractivity contribution in [3.8, 4) is 11.5 Å². The molecule has 2 aromatic carbocycles. The van der Waals surface area contributed by atoms with Crippen LogP contribution >= 0.6 is 0 Å². The number of carbonyl (C=O) groups excluding carboxylic acids is 3. The highest BCUT2D eigenvalue weighted by atomic mass is 16.5. The molecule has 1 aliphatic carbocycles. The van der Waals surface area contributed by atoms with Gasteiger partial charge >= 0.3 is 6.03 Å². The van der Waals surface area contributed by atoms with Gasteiger partial charge in [-0.2, -0.15) is 0 Å². The van der Waals surface area contributed by atoms with E-state index in [0.717, 1.165) is 37.9 Å². The minimum atomic E-state index is -0.843. The van der Waals surface area contributed by atoms with Crippen LogP contribution in [0.2, 0.25) is 0 Å². The molecule has 4 amide bonds. The third-order valence-corrected chi connectivity index (χ3v) is 6.36. The maximum absolute atomic E-state index is 13.5. The van der Waals surface area contributed by atoms with Crippen molar-refractivity contribution in [3.63, 3.8) is 0 Å². The molecule has 2 aliphatic rings. The molecule has 0 radical (unpaired) electrons. The topological polar surface area (TPSA) is 88.2 Å². The molecule has 0 unspecified atom stereocenters. The van der Waals surface area contributed by atoms with Crippen LogP contribution in [0, 0.1) is 0 Å². The van der Waals surface area contributed by atoms with Crippen molar-refractivity contribution in [1.82, 2.24) is 4.90 Å². The van der Waals surface area contributed by atoms with Gasteiger partial charge in [-0.3, -0.25) is 9.59 Å². The maximum Gasteiger partial charge on any atom is 0.332 e. The molecule has 1 saturated carbocycles. The number of carbonyl (C=O) groups is 3. The second-order valence-corrected chi connectivity index (χ2v) is 8.58. The lowest BCUT2D eigenvalue weighted by Gasteiger charge is -2.33. The quantitative estimate of drug-likeness (QED) is 0.576. The van der Waals surface area contributed by atoms with Crippen molar-refractivity contribution in [3.05, 3.63) is 48.5 Å². The SMILES string of the molecule is CCOc1ccc(NC(=O)C[C@H]2C(=O)N(c3cccc(OC)c3)C(=O)N2C2CCCCC2)cc1. The van der Waals surface area contributed by atoms with Crippen LogP contribution in [-0.2, 0) is 9.59 Å². The third kappa shape index (κ3) is 5.00. The van der Waals surface area contributed by atoms with E-state index in [4.69, 9.17) is 9.47 Å². The Hall–Kier alpha value is -3.55. The summed E-state index contributed by atoms with van der Waals surface area (Å²) in [7, 11) is 1.54. The number of ether oxygens (including phenoxy) is 2. The average Bonchev–Trinajstić information content (AvgIpc) is 3.10. The Morgan fingerprint density at radius 2 is 1.76 bits per heavy atom. The zero-order valence-electron chi connectivity index (χ0n) is 19.7. The van der Waals surface area contributed by atoms with E-state index in [1.165, 1.54) is 12.0 Å². The number of nitrogens with zero attached hydrogens (tertiary/aromatic N) is 2. The van der Waals surface area contributed by atoms with Gasteiger partial charge in [0.1, 0.15) is 17.5 Å². The fourth-order valence-electron chi connectivity index (χ4n) is 4.74. The fourth-order valence-corrected chi connectivity index (χ4v) is 4.74. The summed E-state index contributed by atoms with van der Waals surface area (Å²) in [4.78, 5) is 42.8. The summed E-state index contributed by atoms with van der Waals surface area (Å²) in [5.41, 5.74) is 1.06. The number of rotatable bonds is 8. The van der Waals surface area contributed by atoms with Gasteiger partial charge in [-0.05, 0) is 56.2 Å². The molecule has 0 bridgehead atoms. The predicted molar refractivity (Wildman–Crippen MR) is 129 cm³/mol. The normalized spacial score (nSPS) is 18.8. The molecule has 1 N–H and O–H groups in total. The smallest absolute Gasteiger partial charge is 0.332 e. The molecule has 2 fully saturated rings. The summed E-state index contributed by atoms with van der Waals surface area (Å²) in [6, 6.07) is 12.7. The number of hydrogen-bond donors (Lipinski definition) is 1. The molecule has 2 aromatic rings. The molecule has 0 spiro atoms. The van der Waals surface area contributed by atoms with Gasteiger partial charge in [0.2, 0.25) is 5.91 Å². The molecule has 1 saturated heterocycles. The summed E-state index contributed by atoms with van der Waals surface area (Å²) in [5.74, 6) is 0.572. The fraction of sp³-hybridized carbons (Fsp3) is 0.423. The summed E-state index contributed by atoms with van der Waals surface area (Å²) < 4.78 is 10.7. The highest BCUT2D eigenvalue weighted by Crippen LogP contribution is 2.34. The molecular weight excluding hydrogens is 434 g/mol. The van der Waals surface area contributed by atoms with E-state index < -0.39 is 6.04 Å². The van der Waals surface area contributed by atoms with Crippen molar-refractivity contribution in [2.24, 2.45) is 0 Å². The van der Waals surface area contributed by atoms with Gasteiger partial charge in [-0.15, -0.1) is 0 Å². The molecule has 1 heterocycles. The lowest BCUT2D eigenvalue weighted by Crippen LogP contribution is -2.45. The summed E-state index contributed by atoms with van der Waals surface area (Å²) in [6.45, 7) is 2.47. The van der Waals surface area contributed by atoms with Crippen molar-refractivity contribution in [2.45, 2.75) is 57.5 Å². The highest BCUT2D eigenvalue weighted by molar-refractivity contribution is 6.22. The number of anilines is 2. The Kier molecular flexibility index (Phi) is 7.35. The lowest BCUT2D eigenvalue weighted by atomic mass is 9.93. The minimum absolute atomic E-state index is 0.0518. The summed E-state index contributed by atoms with van der Waals surface area (Å²) in [6.07, 6.45) is 4.70. The van der Waals surface area contributed by atoms with Gasteiger partial charge in [0.05, 0.1) is 25.8 Å². The van der Waals surface area contributed by atoms with E-state index in [9.17, 15) is 14.4 Å². The van der Waals surface area contributed by atoms with E-state index in [1.807, 2.05) is 6.92 Å². The van der Waals surface area contributed by atoms with Crippen LogP contribution in [0.25, 0.3) is 0 Å². The van der Waals surface area contributed by atoms with E-state index in [1.54, 1.807) is 53.4 Å². The molecule has 8 heteroatoms. The van der Waals surface area contributed by atoms with Gasteiger partial charge in [0, 0.05) is 17.8 Å². The van der Waals surface area contributed by atoms with Crippen LogP contribution in [0.1, 0.15) is 45.4 Å². The predicted octanol–water partition coefficient (Wildman–Crippen LogP) is 4.59. The standard InChI is InChI=1S/C26H31N3O5/c1-3-34-21-14-12-18(13-15-21)27-24(30)17-23-25(31)29(20-10-7-11-22(16-20)33-2)26(32)28(23)19-8-5-4-6-9-19/h7,10-16,19,23H,3-6,8-9,17H2,1-2H3,(H,27,30)/t23-/m0/s1. The van der Waals surface area contributed by atoms with Gasteiger partial charge in [-0.25, -0.2) is 9.69 Å². The van der Waals surface area contributed by atoms with Gasteiger partial charge in [0.25, 0.3) is 5.91 Å². The van der Waals surface area contributed by atoms with Crippen molar-refractivity contribution >= 4 is 29.2 Å². The molecule has 1 aliphatic heterocycles. The van der Waals surface area contributed by atoms with Gasteiger partial charge in [0.15, 0.2) is 0 Å². The first-order valence-electron chi connectivity index (χ1n) is 11.8. The average molecular weight is 466 g/mol. The number of methoxy groups -OCH3 is 1. The van der Waals surface area contributed by atoms with Crippen LogP contribution < -0.4 is 19.7 Å². The van der Waals surface area contributed by atoms with E-state index in [2.05, 4.69) is 5.32 Å². The lowest BCUT2D eigenvalue weighted by molar-refractivity contribution is -0.125. The van der Waals surface area contributed by atoms with Crippen LogP contribution in [0.5, 0.6) is 11.5 Å². The van der Waals surface area contributed by atoms with Gasteiger partial charge < -0.3 is 19.7 Å². The Labute approximate surface area is 199 Å². The first kappa shape index (κ1) is 23.6. The number of benzene rings is 2. The Morgan fingerprint density at radius 3 is 2.44 bits per heavy atom. The Morgan fingerprint density at radius 1 is 1.03 bits per heavy atom. The summed E-state index contributed by atoms with van der Waals surface area (Å²) in [5, 5.41) is 2.85. The zero-order chi connectivity index (χ0) is 24.1. The second-order valence-electron chi connectivity index (χ2n) is 8.58. The number of imide groups is 1. The molecule has 4 rings (SSSR count). The van der Waals surface area contributed by atoms with Crippen LogP contribution in [0.4, 0.5) is 16.2 Å². The highest BCUT2D eigenvalue weighted by Gasteiger charge is 2.49. The van der Waals surface area contributed by atoms with E-state index >= 15 is 0 Å². The van der Waals surface area contributed by atoms with Crippen molar-refractivity contribution in [1.29, 1.82) is 0 Å². The zero-order valence-corrected chi connectivity index (χ0v) is 19.7. The summed E-state index contributed by atoms with van der Waals surface area (Å²) >= 11 is 0. The number of nitrogens with one attached hydrogen (secondary N) is 1.